The van der Waals surface area contributed by atoms with E-state index < -0.39 is 10.0 Å². The first kappa shape index (κ1) is 23.5. The Morgan fingerprint density at radius 3 is 2.47 bits per heavy atom. The van der Waals surface area contributed by atoms with Gasteiger partial charge in [-0.2, -0.15) is 0 Å². The molecule has 0 radical (unpaired) electrons. The third-order valence-corrected chi connectivity index (χ3v) is 7.05. The van der Waals surface area contributed by atoms with Crippen molar-refractivity contribution in [3.05, 3.63) is 89.3 Å². The van der Waals surface area contributed by atoms with Crippen molar-refractivity contribution in [1.82, 2.24) is 4.98 Å². The van der Waals surface area contributed by atoms with Gasteiger partial charge in [0.1, 0.15) is 5.75 Å². The first-order chi connectivity index (χ1) is 16.3. The Bertz CT molecular complexity index is 1400. The summed E-state index contributed by atoms with van der Waals surface area (Å²) in [6.07, 6.45) is 0. The summed E-state index contributed by atoms with van der Waals surface area (Å²) in [6.45, 7) is 4.41. The number of nitrogens with zero attached hydrogens (tertiary/aromatic N) is 1. The molecule has 1 amide bonds. The molecule has 9 heteroatoms. The van der Waals surface area contributed by atoms with Crippen LogP contribution in [0.25, 0.3) is 11.3 Å². The Morgan fingerprint density at radius 2 is 1.76 bits per heavy atom. The minimum absolute atomic E-state index is 0.151. The Balaban J connectivity index is 1.45. The molecule has 0 fully saturated rings. The summed E-state index contributed by atoms with van der Waals surface area (Å²) in [6, 6.07) is 20.4. The number of rotatable bonds is 8. The molecule has 0 saturated carbocycles. The van der Waals surface area contributed by atoms with Crippen LogP contribution < -0.4 is 14.8 Å². The molecule has 4 rings (SSSR count). The maximum atomic E-state index is 12.8. The summed E-state index contributed by atoms with van der Waals surface area (Å²) in [5, 5.41) is 5.08. The fourth-order valence-electron chi connectivity index (χ4n) is 3.18. The van der Waals surface area contributed by atoms with Gasteiger partial charge in [0.15, 0.2) is 5.13 Å². The quantitative estimate of drug-likeness (QED) is 0.334. The largest absolute Gasteiger partial charge is 0.494 e. The van der Waals surface area contributed by atoms with E-state index in [0.29, 0.717) is 23.0 Å². The highest BCUT2D eigenvalue weighted by molar-refractivity contribution is 7.92. The second kappa shape index (κ2) is 10.1. The minimum Gasteiger partial charge on any atom is -0.494 e. The molecule has 7 nitrogen and oxygen atoms in total. The molecule has 0 bridgehead atoms. The van der Waals surface area contributed by atoms with Crippen molar-refractivity contribution >= 4 is 38.1 Å². The molecular weight excluding hydrogens is 470 g/mol. The van der Waals surface area contributed by atoms with Gasteiger partial charge in [0.25, 0.3) is 15.9 Å². The van der Waals surface area contributed by atoms with E-state index in [4.69, 9.17) is 4.74 Å². The highest BCUT2D eigenvalue weighted by Crippen LogP contribution is 2.27. The highest BCUT2D eigenvalue weighted by Gasteiger charge is 2.16. The van der Waals surface area contributed by atoms with Crippen LogP contribution in [-0.2, 0) is 10.0 Å². The monoisotopic (exact) mass is 493 g/mol. The van der Waals surface area contributed by atoms with Gasteiger partial charge < -0.3 is 4.74 Å². The first-order valence-corrected chi connectivity index (χ1v) is 12.9. The van der Waals surface area contributed by atoms with Crippen molar-refractivity contribution in [2.24, 2.45) is 0 Å². The number of benzene rings is 3. The molecule has 0 aliphatic heterocycles. The predicted octanol–water partition coefficient (Wildman–Crippen LogP) is 5.57. The van der Waals surface area contributed by atoms with Gasteiger partial charge in [-0.15, -0.1) is 11.3 Å². The zero-order chi connectivity index (χ0) is 24.1. The predicted molar refractivity (Wildman–Crippen MR) is 135 cm³/mol. The topological polar surface area (TPSA) is 97.4 Å². The van der Waals surface area contributed by atoms with Crippen LogP contribution in [0.5, 0.6) is 5.75 Å². The number of thiazole rings is 1. The summed E-state index contributed by atoms with van der Waals surface area (Å²) in [5.41, 5.74) is 3.21. The molecular formula is C25H23N3O4S2. The second-order valence-electron chi connectivity index (χ2n) is 7.45. The van der Waals surface area contributed by atoms with Crippen molar-refractivity contribution in [2.75, 3.05) is 16.6 Å². The number of aromatic nitrogens is 1. The van der Waals surface area contributed by atoms with Crippen LogP contribution in [0.4, 0.5) is 10.8 Å². The van der Waals surface area contributed by atoms with Gasteiger partial charge >= 0.3 is 0 Å². The number of amides is 1. The molecule has 1 heterocycles. The number of hydrogen-bond donors (Lipinski definition) is 2. The summed E-state index contributed by atoms with van der Waals surface area (Å²) < 4.78 is 33.3. The zero-order valence-corrected chi connectivity index (χ0v) is 20.2. The molecule has 0 spiro atoms. The van der Waals surface area contributed by atoms with Crippen molar-refractivity contribution in [3.8, 4) is 17.0 Å². The SMILES string of the molecule is CCOc1ccc(-c2csc(NC(=O)c3cccc(NS(=O)(=O)c4ccc(C)cc4)c3)n2)cc1. The van der Waals surface area contributed by atoms with Gasteiger partial charge in [0.05, 0.1) is 17.2 Å². The van der Waals surface area contributed by atoms with Crippen LogP contribution in [0.15, 0.2) is 83.1 Å². The van der Waals surface area contributed by atoms with Gasteiger partial charge in [-0.3, -0.25) is 14.8 Å². The standard InChI is InChI=1S/C25H23N3O4S2/c1-3-32-21-11-9-18(10-12-21)23-16-33-25(26-23)27-24(29)19-5-4-6-20(15-19)28-34(30,31)22-13-7-17(2)8-14-22/h4-16,28H,3H2,1-2H3,(H,26,27,29). The maximum absolute atomic E-state index is 12.8. The van der Waals surface area contributed by atoms with Crippen LogP contribution in [0.3, 0.4) is 0 Å². The van der Waals surface area contributed by atoms with Crippen molar-refractivity contribution in [1.29, 1.82) is 0 Å². The van der Waals surface area contributed by atoms with E-state index in [-0.39, 0.29) is 10.8 Å². The van der Waals surface area contributed by atoms with E-state index in [2.05, 4.69) is 15.0 Å². The van der Waals surface area contributed by atoms with Crippen molar-refractivity contribution in [3.63, 3.8) is 0 Å². The van der Waals surface area contributed by atoms with E-state index in [9.17, 15) is 13.2 Å². The fraction of sp³-hybridized carbons (Fsp3) is 0.120. The molecule has 3 aromatic carbocycles. The number of carbonyl (C=O) groups excluding carboxylic acids is 1. The average Bonchev–Trinajstić information content (AvgIpc) is 3.28. The van der Waals surface area contributed by atoms with Crippen LogP contribution in [-0.4, -0.2) is 25.9 Å². The number of aryl methyl sites for hydroxylation is 1. The first-order valence-electron chi connectivity index (χ1n) is 10.5. The molecule has 0 saturated heterocycles. The zero-order valence-electron chi connectivity index (χ0n) is 18.6. The third kappa shape index (κ3) is 5.62. The van der Waals surface area contributed by atoms with E-state index in [1.54, 1.807) is 42.5 Å². The molecule has 2 N–H and O–H groups in total. The summed E-state index contributed by atoms with van der Waals surface area (Å²) in [7, 11) is -3.77. The average molecular weight is 494 g/mol. The Morgan fingerprint density at radius 1 is 1.03 bits per heavy atom. The lowest BCUT2D eigenvalue weighted by atomic mass is 10.2. The van der Waals surface area contributed by atoms with Crippen LogP contribution in [0.2, 0.25) is 0 Å². The summed E-state index contributed by atoms with van der Waals surface area (Å²) in [4.78, 5) is 17.4. The number of nitrogens with one attached hydrogen (secondary N) is 2. The molecule has 34 heavy (non-hydrogen) atoms. The van der Waals surface area contributed by atoms with Gasteiger partial charge in [-0.1, -0.05) is 23.8 Å². The van der Waals surface area contributed by atoms with Crippen molar-refractivity contribution in [2.45, 2.75) is 18.7 Å². The van der Waals surface area contributed by atoms with E-state index >= 15 is 0 Å². The van der Waals surface area contributed by atoms with Crippen molar-refractivity contribution < 1.29 is 17.9 Å². The second-order valence-corrected chi connectivity index (χ2v) is 9.99. The molecule has 174 valence electrons. The number of carbonyl (C=O) groups is 1. The number of sulfonamides is 1. The minimum atomic E-state index is -3.77. The molecule has 0 unspecified atom stereocenters. The van der Waals surface area contributed by atoms with E-state index in [0.717, 1.165) is 22.6 Å². The Hall–Kier alpha value is -3.69. The number of anilines is 2. The van der Waals surface area contributed by atoms with Crippen LogP contribution in [0.1, 0.15) is 22.8 Å². The molecule has 1 aromatic heterocycles. The Kier molecular flexibility index (Phi) is 6.95. The highest BCUT2D eigenvalue weighted by atomic mass is 32.2. The van der Waals surface area contributed by atoms with Gasteiger partial charge in [0.2, 0.25) is 0 Å². The normalized spacial score (nSPS) is 11.1. The van der Waals surface area contributed by atoms with Gasteiger partial charge in [-0.05, 0) is 68.4 Å². The summed E-state index contributed by atoms with van der Waals surface area (Å²) >= 11 is 1.31. The maximum Gasteiger partial charge on any atom is 0.261 e. The van der Waals surface area contributed by atoms with E-state index in [1.165, 1.54) is 17.4 Å². The van der Waals surface area contributed by atoms with Crippen LogP contribution >= 0.6 is 11.3 Å². The number of hydrogen-bond acceptors (Lipinski definition) is 6. The lowest BCUT2D eigenvalue weighted by Crippen LogP contribution is -2.15. The fourth-order valence-corrected chi connectivity index (χ4v) is 4.94. The Labute approximate surface area is 202 Å². The van der Waals surface area contributed by atoms with Crippen LogP contribution in [0, 0.1) is 6.92 Å². The molecule has 0 aliphatic rings. The smallest absolute Gasteiger partial charge is 0.261 e. The molecule has 4 aromatic rings. The lowest BCUT2D eigenvalue weighted by Gasteiger charge is -2.10. The molecule has 0 aliphatic carbocycles. The third-order valence-electron chi connectivity index (χ3n) is 4.89. The number of ether oxygens (including phenoxy) is 1. The lowest BCUT2D eigenvalue weighted by molar-refractivity contribution is 0.102. The molecule has 0 atom stereocenters. The summed E-state index contributed by atoms with van der Waals surface area (Å²) in [5.74, 6) is 0.400. The van der Waals surface area contributed by atoms with E-state index in [1.807, 2.05) is 43.5 Å². The van der Waals surface area contributed by atoms with Gasteiger partial charge in [0, 0.05) is 22.2 Å². The van der Waals surface area contributed by atoms with Gasteiger partial charge in [-0.25, -0.2) is 13.4 Å².